The molecule has 1 atom stereocenters. The molecule has 4 heteroatoms. The van der Waals surface area contributed by atoms with Crippen LogP contribution in [0.2, 0.25) is 0 Å². The van der Waals surface area contributed by atoms with Crippen LogP contribution in [0.15, 0.2) is 0 Å². The summed E-state index contributed by atoms with van der Waals surface area (Å²) in [5.74, 6) is -0.369. The van der Waals surface area contributed by atoms with Gasteiger partial charge in [-0.2, -0.15) is 0 Å². The quantitative estimate of drug-likeness (QED) is 0.794. The topological polar surface area (TPSA) is 49.3 Å². The van der Waals surface area contributed by atoms with E-state index >= 15 is 0 Å². The van der Waals surface area contributed by atoms with Gasteiger partial charge < -0.3 is 10.4 Å². The Morgan fingerprint density at radius 1 is 1.33 bits per heavy atom. The lowest BCUT2D eigenvalue weighted by molar-refractivity contribution is -0.137. The van der Waals surface area contributed by atoms with Crippen LogP contribution in [-0.2, 0) is 4.79 Å². The van der Waals surface area contributed by atoms with Crippen LogP contribution in [0.3, 0.4) is 0 Å². The lowest BCUT2D eigenvalue weighted by Gasteiger charge is -2.08. The number of piperidine rings is 1. The summed E-state index contributed by atoms with van der Waals surface area (Å²) in [5.41, 5.74) is 0. The highest BCUT2D eigenvalue weighted by Gasteiger charge is 2.02. The van der Waals surface area contributed by atoms with Crippen molar-refractivity contribution in [3.63, 3.8) is 0 Å². The fourth-order valence-electron chi connectivity index (χ4n) is 1.24. The molecule has 92 valence electrons. The largest absolute Gasteiger partial charge is 0.481 e. The normalized spacial score (nSPS) is 16.7. The van der Waals surface area contributed by atoms with Crippen molar-refractivity contribution < 1.29 is 9.90 Å². The molecule has 3 nitrogen and oxygen atoms in total. The average molecular weight is 238 g/mol. The number of carboxylic acid groups (broad SMARTS) is 1. The second-order valence-corrected chi connectivity index (χ2v) is 3.92. The highest BCUT2D eigenvalue weighted by atomic mass is 35.5. The zero-order valence-corrected chi connectivity index (χ0v) is 10.6. The maximum atomic E-state index is 9.97. The van der Waals surface area contributed by atoms with Crippen molar-refractivity contribution >= 4 is 18.4 Å². The van der Waals surface area contributed by atoms with Gasteiger partial charge in [0.25, 0.3) is 0 Å². The van der Waals surface area contributed by atoms with Crippen molar-refractivity contribution in [2.24, 2.45) is 5.92 Å². The van der Waals surface area contributed by atoms with Crippen LogP contribution in [0.4, 0.5) is 0 Å². The molecule has 2 N–H and O–H groups in total. The molecular formula is C11H24ClNO2. The maximum absolute atomic E-state index is 9.97. The van der Waals surface area contributed by atoms with Gasteiger partial charge in [0.1, 0.15) is 0 Å². The molecule has 0 bridgehead atoms. The van der Waals surface area contributed by atoms with Gasteiger partial charge in [-0.1, -0.05) is 26.7 Å². The molecule has 0 aromatic heterocycles. The molecule has 0 aliphatic carbocycles. The Kier molecular flexibility index (Phi) is 13.5. The summed E-state index contributed by atoms with van der Waals surface area (Å²) in [7, 11) is 0. The molecule has 0 spiro atoms. The van der Waals surface area contributed by atoms with Gasteiger partial charge in [0, 0.05) is 6.42 Å². The summed E-state index contributed by atoms with van der Waals surface area (Å²) in [6.07, 6.45) is 5.47. The van der Waals surface area contributed by atoms with Gasteiger partial charge in [0.15, 0.2) is 0 Å². The first-order chi connectivity index (χ1) is 6.66. The van der Waals surface area contributed by atoms with Gasteiger partial charge in [-0.25, -0.2) is 0 Å². The molecule has 1 saturated heterocycles. The van der Waals surface area contributed by atoms with Crippen LogP contribution in [-0.4, -0.2) is 24.2 Å². The Morgan fingerprint density at radius 2 is 1.87 bits per heavy atom. The maximum Gasteiger partial charge on any atom is 0.303 e. The summed E-state index contributed by atoms with van der Waals surface area (Å²) in [4.78, 5) is 9.97. The van der Waals surface area contributed by atoms with Crippen molar-refractivity contribution in [3.8, 4) is 0 Å². The molecule has 1 aliphatic rings. The Balaban J connectivity index is 0. The van der Waals surface area contributed by atoms with E-state index in [0.29, 0.717) is 12.3 Å². The van der Waals surface area contributed by atoms with Gasteiger partial charge in [0.2, 0.25) is 0 Å². The van der Waals surface area contributed by atoms with E-state index < -0.39 is 5.97 Å². The Morgan fingerprint density at radius 3 is 2.00 bits per heavy atom. The summed E-state index contributed by atoms with van der Waals surface area (Å²) in [6.45, 7) is 6.43. The van der Waals surface area contributed by atoms with E-state index in [1.807, 2.05) is 13.8 Å². The summed E-state index contributed by atoms with van der Waals surface area (Å²) >= 11 is 0. The molecule has 0 amide bonds. The van der Waals surface area contributed by atoms with E-state index in [2.05, 4.69) is 5.32 Å². The third-order valence-electron chi connectivity index (χ3n) is 2.43. The standard InChI is InChI=1S/C6H12O2.C5H11N.ClH/c1-3-5(2)4-6(7)8;1-2-4-6-5-3-1;/h5H,3-4H2,1-2H3,(H,7,8);6H,1-5H2;1H. The summed E-state index contributed by atoms with van der Waals surface area (Å²) in [6, 6.07) is 0. The minimum absolute atomic E-state index is 0. The van der Waals surface area contributed by atoms with Gasteiger partial charge in [0.05, 0.1) is 0 Å². The zero-order chi connectivity index (χ0) is 10.8. The molecular weight excluding hydrogens is 214 g/mol. The van der Waals surface area contributed by atoms with E-state index in [4.69, 9.17) is 5.11 Å². The zero-order valence-electron chi connectivity index (χ0n) is 9.79. The van der Waals surface area contributed by atoms with Crippen LogP contribution in [0.25, 0.3) is 0 Å². The average Bonchev–Trinajstić information content (AvgIpc) is 2.20. The van der Waals surface area contributed by atoms with Gasteiger partial charge in [-0.3, -0.25) is 4.79 Å². The third kappa shape index (κ3) is 13.7. The number of hydrogen-bond acceptors (Lipinski definition) is 2. The molecule has 0 radical (unpaired) electrons. The number of carboxylic acids is 1. The van der Waals surface area contributed by atoms with E-state index in [1.165, 1.54) is 32.4 Å². The van der Waals surface area contributed by atoms with Gasteiger partial charge >= 0.3 is 5.97 Å². The predicted molar refractivity (Wildman–Crippen MR) is 65.7 cm³/mol. The number of halogens is 1. The number of rotatable bonds is 3. The smallest absolute Gasteiger partial charge is 0.303 e. The monoisotopic (exact) mass is 237 g/mol. The molecule has 0 saturated carbocycles. The number of carbonyl (C=O) groups is 1. The molecule has 0 aromatic rings. The molecule has 15 heavy (non-hydrogen) atoms. The fraction of sp³-hybridized carbons (Fsp3) is 0.909. The second kappa shape index (κ2) is 11.8. The van der Waals surface area contributed by atoms with E-state index in [9.17, 15) is 4.79 Å². The minimum Gasteiger partial charge on any atom is -0.481 e. The van der Waals surface area contributed by atoms with Crippen LogP contribution in [0.5, 0.6) is 0 Å². The first kappa shape index (κ1) is 17.1. The third-order valence-corrected chi connectivity index (χ3v) is 2.43. The first-order valence-corrected chi connectivity index (χ1v) is 5.59. The molecule has 0 aromatic carbocycles. The predicted octanol–water partition coefficient (Wildman–Crippen LogP) is 2.69. The van der Waals surface area contributed by atoms with Crippen LogP contribution < -0.4 is 5.32 Å². The first-order valence-electron chi connectivity index (χ1n) is 5.59. The Bertz CT molecular complexity index is 138. The summed E-state index contributed by atoms with van der Waals surface area (Å²) in [5, 5.41) is 11.5. The van der Waals surface area contributed by atoms with Crippen LogP contribution in [0, 0.1) is 5.92 Å². The minimum atomic E-state index is -0.695. The van der Waals surface area contributed by atoms with Crippen LogP contribution >= 0.6 is 12.4 Å². The van der Waals surface area contributed by atoms with Gasteiger partial charge in [-0.05, 0) is 31.8 Å². The molecule has 1 fully saturated rings. The van der Waals surface area contributed by atoms with Crippen molar-refractivity contribution in [3.05, 3.63) is 0 Å². The highest BCUT2D eigenvalue weighted by molar-refractivity contribution is 5.85. The summed E-state index contributed by atoms with van der Waals surface area (Å²) < 4.78 is 0. The number of hydrogen-bond donors (Lipinski definition) is 2. The van der Waals surface area contributed by atoms with Crippen LogP contribution in [0.1, 0.15) is 46.0 Å². The molecule has 1 rings (SSSR count). The number of nitrogens with one attached hydrogen (secondary N) is 1. The second-order valence-electron chi connectivity index (χ2n) is 3.92. The van der Waals surface area contributed by atoms with Crippen molar-refractivity contribution in [1.82, 2.24) is 5.32 Å². The molecule has 1 aliphatic heterocycles. The van der Waals surface area contributed by atoms with Crippen molar-refractivity contribution in [2.75, 3.05) is 13.1 Å². The van der Waals surface area contributed by atoms with E-state index in [-0.39, 0.29) is 12.4 Å². The van der Waals surface area contributed by atoms with Crippen molar-refractivity contribution in [1.29, 1.82) is 0 Å². The molecule has 1 heterocycles. The van der Waals surface area contributed by atoms with E-state index in [0.717, 1.165) is 6.42 Å². The fourth-order valence-corrected chi connectivity index (χ4v) is 1.24. The van der Waals surface area contributed by atoms with Gasteiger partial charge in [-0.15, -0.1) is 12.4 Å². The highest BCUT2D eigenvalue weighted by Crippen LogP contribution is 2.04. The Hall–Kier alpha value is -0.280. The Labute approximate surface area is 99.0 Å². The molecule has 1 unspecified atom stereocenters. The number of aliphatic carboxylic acids is 1. The lowest BCUT2D eigenvalue weighted by Crippen LogP contribution is -2.21. The van der Waals surface area contributed by atoms with E-state index in [1.54, 1.807) is 0 Å². The SMILES string of the molecule is C1CCNCC1.CCC(C)CC(=O)O.Cl. The van der Waals surface area contributed by atoms with Crippen molar-refractivity contribution in [2.45, 2.75) is 46.0 Å². The lowest BCUT2D eigenvalue weighted by atomic mass is 10.1.